The van der Waals surface area contributed by atoms with Gasteiger partial charge in [0.25, 0.3) is 0 Å². The summed E-state index contributed by atoms with van der Waals surface area (Å²) in [5.74, 6) is 0.951. The Morgan fingerprint density at radius 3 is 2.89 bits per heavy atom. The van der Waals surface area contributed by atoms with Crippen LogP contribution in [0.15, 0.2) is 12.4 Å². The van der Waals surface area contributed by atoms with Crippen LogP contribution in [0.1, 0.15) is 50.5 Å². The quantitative estimate of drug-likeness (QED) is 0.871. The Morgan fingerprint density at radius 1 is 1.44 bits per heavy atom. The van der Waals surface area contributed by atoms with Crippen LogP contribution in [0.2, 0.25) is 0 Å². The van der Waals surface area contributed by atoms with E-state index in [0.717, 1.165) is 17.9 Å². The second-order valence-electron chi connectivity index (χ2n) is 5.34. The number of carbonyl (C=O) groups excluding carboxylic acids is 1. The molecule has 0 saturated heterocycles. The summed E-state index contributed by atoms with van der Waals surface area (Å²) in [6.07, 6.45) is 12.2. The maximum absolute atomic E-state index is 11.7. The number of hydrogen-bond acceptors (Lipinski definition) is 2. The molecular weight excluding hydrogens is 226 g/mol. The lowest BCUT2D eigenvalue weighted by molar-refractivity contribution is -0.121. The lowest BCUT2D eigenvalue weighted by Gasteiger charge is -2.20. The van der Waals surface area contributed by atoms with Crippen molar-refractivity contribution in [3.63, 3.8) is 0 Å². The molecule has 1 aliphatic carbocycles. The zero-order valence-corrected chi connectivity index (χ0v) is 11.2. The molecule has 18 heavy (non-hydrogen) atoms. The number of nitrogens with zero attached hydrogens (tertiary/aromatic N) is 2. The van der Waals surface area contributed by atoms with E-state index in [1.807, 2.05) is 13.2 Å². The molecule has 2 rings (SSSR count). The smallest absolute Gasteiger partial charge is 0.220 e. The number of amides is 1. The average molecular weight is 249 g/mol. The fourth-order valence-corrected chi connectivity index (χ4v) is 2.66. The molecule has 1 aromatic rings. The maximum Gasteiger partial charge on any atom is 0.220 e. The van der Waals surface area contributed by atoms with Crippen LogP contribution in [0.5, 0.6) is 0 Å². The maximum atomic E-state index is 11.7. The molecule has 1 N–H and O–H groups in total. The van der Waals surface area contributed by atoms with Crippen LogP contribution in [0.4, 0.5) is 0 Å². The topological polar surface area (TPSA) is 46.9 Å². The number of nitrogens with one attached hydrogen (secondary N) is 1. The monoisotopic (exact) mass is 249 g/mol. The number of hydrogen-bond donors (Lipinski definition) is 1. The van der Waals surface area contributed by atoms with Crippen molar-refractivity contribution < 1.29 is 4.79 Å². The van der Waals surface area contributed by atoms with Gasteiger partial charge in [0.2, 0.25) is 5.91 Å². The molecule has 0 aromatic carbocycles. The summed E-state index contributed by atoms with van der Waals surface area (Å²) in [4.78, 5) is 11.7. The summed E-state index contributed by atoms with van der Waals surface area (Å²) in [7, 11) is 1.88. The van der Waals surface area contributed by atoms with Gasteiger partial charge in [-0.1, -0.05) is 32.1 Å². The Bertz CT molecular complexity index is 380. The molecule has 0 unspecified atom stereocenters. The van der Waals surface area contributed by atoms with Crippen LogP contribution in [0, 0.1) is 5.92 Å². The molecule has 0 atom stereocenters. The highest BCUT2D eigenvalue weighted by molar-refractivity contribution is 5.75. The molecule has 1 aromatic heterocycles. The largest absolute Gasteiger partial charge is 0.352 e. The number of aromatic nitrogens is 2. The van der Waals surface area contributed by atoms with E-state index in [4.69, 9.17) is 0 Å². The highest BCUT2D eigenvalue weighted by Gasteiger charge is 2.14. The Morgan fingerprint density at radius 2 is 2.22 bits per heavy atom. The van der Waals surface area contributed by atoms with Gasteiger partial charge >= 0.3 is 0 Å². The number of aryl methyl sites for hydroxylation is 1. The average Bonchev–Trinajstić information content (AvgIpc) is 2.81. The standard InChI is InChI=1S/C14H23N3O/c1-17-11-13(10-16-17)9-15-14(18)8-7-12-5-3-2-4-6-12/h10-12H,2-9H2,1H3,(H,15,18). The first-order chi connectivity index (χ1) is 8.74. The third kappa shape index (κ3) is 4.17. The van der Waals surface area contributed by atoms with Crippen LogP contribution in [-0.4, -0.2) is 15.7 Å². The fourth-order valence-electron chi connectivity index (χ4n) is 2.66. The Labute approximate surface area is 109 Å². The molecule has 4 heteroatoms. The van der Waals surface area contributed by atoms with Gasteiger partial charge in [-0.2, -0.15) is 5.10 Å². The van der Waals surface area contributed by atoms with Crippen LogP contribution in [0.3, 0.4) is 0 Å². The van der Waals surface area contributed by atoms with E-state index in [9.17, 15) is 4.79 Å². The molecule has 0 aliphatic heterocycles. The van der Waals surface area contributed by atoms with Crippen LogP contribution in [0.25, 0.3) is 0 Å². The lowest BCUT2D eigenvalue weighted by atomic mass is 9.86. The third-order valence-corrected chi connectivity index (χ3v) is 3.75. The minimum absolute atomic E-state index is 0.171. The van der Waals surface area contributed by atoms with Gasteiger partial charge in [0, 0.05) is 31.8 Å². The van der Waals surface area contributed by atoms with Crippen molar-refractivity contribution in [2.24, 2.45) is 13.0 Å². The van der Waals surface area contributed by atoms with Crippen molar-refractivity contribution in [2.75, 3.05) is 0 Å². The van der Waals surface area contributed by atoms with Gasteiger partial charge in [-0.05, 0) is 12.3 Å². The molecule has 1 amide bonds. The Kier molecular flexibility index (Phi) is 4.79. The van der Waals surface area contributed by atoms with Gasteiger partial charge in [0.15, 0.2) is 0 Å². The van der Waals surface area contributed by atoms with Crippen LogP contribution in [-0.2, 0) is 18.4 Å². The second-order valence-corrected chi connectivity index (χ2v) is 5.34. The van der Waals surface area contributed by atoms with Crippen LogP contribution >= 0.6 is 0 Å². The first kappa shape index (κ1) is 13.1. The van der Waals surface area contributed by atoms with Gasteiger partial charge < -0.3 is 5.32 Å². The van der Waals surface area contributed by atoms with Gasteiger partial charge in [-0.3, -0.25) is 9.48 Å². The van der Waals surface area contributed by atoms with Gasteiger partial charge in [0.05, 0.1) is 6.20 Å². The molecule has 1 aliphatic rings. The molecule has 0 bridgehead atoms. The number of rotatable bonds is 5. The highest BCUT2D eigenvalue weighted by Crippen LogP contribution is 2.27. The van der Waals surface area contributed by atoms with Gasteiger partial charge in [0.1, 0.15) is 0 Å². The fraction of sp³-hybridized carbons (Fsp3) is 0.714. The van der Waals surface area contributed by atoms with Crippen molar-refractivity contribution in [3.8, 4) is 0 Å². The highest BCUT2D eigenvalue weighted by atomic mass is 16.1. The summed E-state index contributed by atoms with van der Waals surface area (Å²) >= 11 is 0. The first-order valence-corrected chi connectivity index (χ1v) is 6.98. The van der Waals surface area contributed by atoms with Crippen molar-refractivity contribution >= 4 is 5.91 Å². The summed E-state index contributed by atoms with van der Waals surface area (Å²) < 4.78 is 1.75. The number of carbonyl (C=O) groups is 1. The molecule has 1 fully saturated rings. The van der Waals surface area contributed by atoms with E-state index in [1.165, 1.54) is 32.1 Å². The van der Waals surface area contributed by atoms with E-state index < -0.39 is 0 Å². The van der Waals surface area contributed by atoms with Crippen molar-refractivity contribution in [1.29, 1.82) is 0 Å². The zero-order chi connectivity index (χ0) is 12.8. The minimum atomic E-state index is 0.171. The van der Waals surface area contributed by atoms with Crippen molar-refractivity contribution in [3.05, 3.63) is 18.0 Å². The Hall–Kier alpha value is -1.32. The van der Waals surface area contributed by atoms with E-state index >= 15 is 0 Å². The first-order valence-electron chi connectivity index (χ1n) is 6.98. The van der Waals surface area contributed by atoms with E-state index in [2.05, 4.69) is 10.4 Å². The summed E-state index contributed by atoms with van der Waals surface area (Å²) in [6, 6.07) is 0. The molecular formula is C14H23N3O. The second kappa shape index (κ2) is 6.57. The molecule has 0 spiro atoms. The molecule has 1 heterocycles. The van der Waals surface area contributed by atoms with E-state index in [0.29, 0.717) is 13.0 Å². The van der Waals surface area contributed by atoms with Crippen LogP contribution < -0.4 is 5.32 Å². The Balaban J connectivity index is 1.62. The van der Waals surface area contributed by atoms with E-state index in [-0.39, 0.29) is 5.91 Å². The normalized spacial score (nSPS) is 16.7. The van der Waals surface area contributed by atoms with Gasteiger partial charge in [-0.25, -0.2) is 0 Å². The predicted molar refractivity (Wildman–Crippen MR) is 70.9 cm³/mol. The molecule has 4 nitrogen and oxygen atoms in total. The van der Waals surface area contributed by atoms with E-state index in [1.54, 1.807) is 10.9 Å². The zero-order valence-electron chi connectivity index (χ0n) is 11.2. The SMILES string of the molecule is Cn1cc(CNC(=O)CCC2CCCCC2)cn1. The minimum Gasteiger partial charge on any atom is -0.352 e. The molecule has 100 valence electrons. The van der Waals surface area contributed by atoms with Gasteiger partial charge in [-0.15, -0.1) is 0 Å². The lowest BCUT2D eigenvalue weighted by Crippen LogP contribution is -2.23. The summed E-state index contributed by atoms with van der Waals surface area (Å²) in [6.45, 7) is 0.595. The predicted octanol–water partition coefficient (Wildman–Crippen LogP) is 2.40. The van der Waals surface area contributed by atoms with Crippen molar-refractivity contribution in [2.45, 2.75) is 51.5 Å². The molecule has 1 saturated carbocycles. The summed E-state index contributed by atoms with van der Waals surface area (Å²) in [5.41, 5.74) is 1.06. The van der Waals surface area contributed by atoms with Crippen molar-refractivity contribution in [1.82, 2.24) is 15.1 Å². The third-order valence-electron chi connectivity index (χ3n) is 3.75. The summed E-state index contributed by atoms with van der Waals surface area (Å²) in [5, 5.41) is 7.04. The molecule has 0 radical (unpaired) electrons.